The normalized spacial score (nSPS) is 23.9. The Morgan fingerprint density at radius 3 is 2.39 bits per heavy atom. The van der Waals surface area contributed by atoms with Crippen LogP contribution in [0.2, 0.25) is 0 Å². The molecule has 1 aromatic heterocycles. The van der Waals surface area contributed by atoms with Crippen molar-refractivity contribution < 1.29 is 23.4 Å². The molecule has 0 bridgehead atoms. The predicted molar refractivity (Wildman–Crippen MR) is 160 cm³/mol. The van der Waals surface area contributed by atoms with Crippen molar-refractivity contribution in [2.45, 2.75) is 108 Å². The van der Waals surface area contributed by atoms with E-state index >= 15 is 0 Å². The van der Waals surface area contributed by atoms with Gasteiger partial charge in [-0.1, -0.05) is 51.9 Å². The number of likely N-dealkylation sites (N-methyl/N-ethyl adjacent to an activating group) is 1. The molecule has 0 spiro atoms. The van der Waals surface area contributed by atoms with Gasteiger partial charge in [0.05, 0.1) is 19.7 Å². The second-order valence-electron chi connectivity index (χ2n) is 12.3. The first-order chi connectivity index (χ1) is 19.6. The van der Waals surface area contributed by atoms with Crippen LogP contribution in [-0.4, -0.2) is 84.8 Å². The number of alkyl halides is 2. The number of anilines is 1. The summed E-state index contributed by atoms with van der Waals surface area (Å²) in [4.78, 5) is 18.7. The molecule has 4 rings (SSSR count). The molecule has 0 amide bonds. The lowest BCUT2D eigenvalue weighted by Crippen LogP contribution is -2.65. The molecule has 41 heavy (non-hydrogen) atoms. The standard InChI is InChI=1S/C18H39N3.C13H14F2N2O3/c1-4-5-6-7-8-9-10-11-14-20-18(16-19)13-12-15-21(3)17(18)2;14-13(15)6-17(7-13)10-4-3-9(12(18)19)16-11(10)20-5-8-1-2-8/h17,20H,4-16,19H2,1-3H3;3-4,8H,1-2,5-7H2,(H,18,19). The van der Waals surface area contributed by atoms with Gasteiger partial charge >= 0.3 is 5.97 Å². The average molecular weight is 582 g/mol. The Bertz CT molecular complexity index is 940. The molecule has 2 saturated heterocycles. The van der Waals surface area contributed by atoms with Crippen LogP contribution in [0.15, 0.2) is 12.1 Å². The van der Waals surface area contributed by atoms with Crippen LogP contribution in [0, 0.1) is 5.92 Å². The number of pyridine rings is 1. The number of nitrogens with two attached hydrogens (primary N) is 1. The molecule has 4 N–H and O–H groups in total. The number of ether oxygens (including phenoxy) is 1. The molecule has 3 fully saturated rings. The lowest BCUT2D eigenvalue weighted by Gasteiger charge is -2.47. The number of hydrogen-bond acceptors (Lipinski definition) is 7. The highest BCUT2D eigenvalue weighted by Gasteiger charge is 2.45. The van der Waals surface area contributed by atoms with Crippen molar-refractivity contribution in [1.29, 1.82) is 0 Å². The number of unbranched alkanes of at least 4 members (excludes halogenated alkanes) is 7. The van der Waals surface area contributed by atoms with E-state index < -0.39 is 11.9 Å². The van der Waals surface area contributed by atoms with Gasteiger partial charge < -0.3 is 30.7 Å². The van der Waals surface area contributed by atoms with Crippen LogP contribution in [0.4, 0.5) is 14.5 Å². The van der Waals surface area contributed by atoms with Gasteiger partial charge in [-0.2, -0.15) is 0 Å². The molecule has 2 unspecified atom stereocenters. The monoisotopic (exact) mass is 581 g/mol. The summed E-state index contributed by atoms with van der Waals surface area (Å²) in [6.07, 6.45) is 15.7. The number of hydrogen-bond donors (Lipinski definition) is 3. The summed E-state index contributed by atoms with van der Waals surface area (Å²) in [6.45, 7) is 7.38. The van der Waals surface area contributed by atoms with E-state index in [1.165, 1.54) is 87.8 Å². The summed E-state index contributed by atoms with van der Waals surface area (Å²) in [5, 5.41) is 12.7. The molecule has 8 nitrogen and oxygen atoms in total. The van der Waals surface area contributed by atoms with Gasteiger partial charge in [-0.3, -0.25) is 0 Å². The van der Waals surface area contributed by atoms with Crippen molar-refractivity contribution in [3.05, 3.63) is 17.8 Å². The number of aromatic nitrogens is 1. The van der Waals surface area contributed by atoms with Crippen LogP contribution >= 0.6 is 0 Å². The van der Waals surface area contributed by atoms with E-state index in [2.05, 4.69) is 36.1 Å². The van der Waals surface area contributed by atoms with E-state index in [0.717, 1.165) is 25.9 Å². The first-order valence-electron chi connectivity index (χ1n) is 15.8. The second kappa shape index (κ2) is 16.0. The maximum absolute atomic E-state index is 12.9. The van der Waals surface area contributed by atoms with E-state index in [1.807, 2.05) is 0 Å². The molecule has 1 saturated carbocycles. The first kappa shape index (κ1) is 33.5. The van der Waals surface area contributed by atoms with Crippen LogP contribution in [0.1, 0.15) is 101 Å². The van der Waals surface area contributed by atoms with E-state index in [-0.39, 0.29) is 30.2 Å². The minimum Gasteiger partial charge on any atom is -0.477 e. The number of carbonyl (C=O) groups is 1. The van der Waals surface area contributed by atoms with E-state index in [4.69, 9.17) is 15.6 Å². The van der Waals surface area contributed by atoms with Gasteiger partial charge in [0.15, 0.2) is 5.69 Å². The number of rotatable bonds is 16. The van der Waals surface area contributed by atoms with Crippen molar-refractivity contribution in [1.82, 2.24) is 15.2 Å². The Balaban J connectivity index is 0.000000225. The minimum atomic E-state index is -2.70. The van der Waals surface area contributed by atoms with Crippen LogP contribution in [0.25, 0.3) is 0 Å². The number of carboxylic acid groups (broad SMARTS) is 1. The van der Waals surface area contributed by atoms with E-state index in [0.29, 0.717) is 24.3 Å². The number of piperidine rings is 1. The van der Waals surface area contributed by atoms with E-state index in [1.54, 1.807) is 0 Å². The zero-order valence-corrected chi connectivity index (χ0v) is 25.5. The van der Waals surface area contributed by atoms with Crippen molar-refractivity contribution in [3.63, 3.8) is 0 Å². The quantitative estimate of drug-likeness (QED) is 0.218. The molecule has 3 aliphatic rings. The van der Waals surface area contributed by atoms with Gasteiger partial charge in [0.2, 0.25) is 5.88 Å². The van der Waals surface area contributed by atoms with Crippen molar-refractivity contribution in [3.8, 4) is 5.88 Å². The molecule has 0 aromatic carbocycles. The van der Waals surface area contributed by atoms with Gasteiger partial charge in [0.1, 0.15) is 5.69 Å². The molecule has 234 valence electrons. The molecular formula is C31H53F2N5O3. The molecule has 2 aliphatic heterocycles. The highest BCUT2D eigenvalue weighted by atomic mass is 19.3. The molecule has 3 heterocycles. The number of nitrogens with zero attached hydrogens (tertiary/aromatic N) is 3. The SMILES string of the molecule is CCCCCCCCCCNC1(CN)CCCN(C)C1C.O=C(O)c1ccc(N2CC(F)(F)C2)c(OCC2CC2)n1. The minimum absolute atomic E-state index is 0.132. The highest BCUT2D eigenvalue weighted by molar-refractivity contribution is 5.86. The Morgan fingerprint density at radius 2 is 1.80 bits per heavy atom. The number of likely N-dealkylation sites (tertiary alicyclic amines) is 1. The molecule has 1 aliphatic carbocycles. The summed E-state index contributed by atoms with van der Waals surface area (Å²) in [5.41, 5.74) is 6.54. The Labute approximate surface area is 245 Å². The zero-order valence-electron chi connectivity index (χ0n) is 25.5. The summed E-state index contributed by atoms with van der Waals surface area (Å²) in [7, 11) is 2.23. The van der Waals surface area contributed by atoms with Gasteiger partial charge in [-0.25, -0.2) is 18.6 Å². The first-order valence-corrected chi connectivity index (χ1v) is 15.8. The maximum atomic E-state index is 12.9. The smallest absolute Gasteiger partial charge is 0.354 e. The average Bonchev–Trinajstić information content (AvgIpc) is 3.77. The topological polar surface area (TPSA) is 104 Å². The Morgan fingerprint density at radius 1 is 1.15 bits per heavy atom. The van der Waals surface area contributed by atoms with Gasteiger partial charge in [-0.05, 0) is 77.2 Å². The maximum Gasteiger partial charge on any atom is 0.354 e. The van der Waals surface area contributed by atoms with Gasteiger partial charge in [0.25, 0.3) is 5.92 Å². The molecule has 10 heteroatoms. The highest BCUT2D eigenvalue weighted by Crippen LogP contribution is 2.38. The van der Waals surface area contributed by atoms with Crippen LogP contribution in [0.5, 0.6) is 5.88 Å². The van der Waals surface area contributed by atoms with Crippen molar-refractivity contribution in [2.24, 2.45) is 11.7 Å². The van der Waals surface area contributed by atoms with Crippen molar-refractivity contribution >= 4 is 11.7 Å². The number of aromatic carboxylic acids is 1. The lowest BCUT2D eigenvalue weighted by molar-refractivity contribution is -0.0265. The fraction of sp³-hybridized carbons (Fsp3) is 0.806. The summed E-state index contributed by atoms with van der Waals surface area (Å²) < 4.78 is 31.4. The van der Waals surface area contributed by atoms with Gasteiger partial charge in [-0.15, -0.1) is 0 Å². The third-order valence-electron chi connectivity index (χ3n) is 8.86. The van der Waals surface area contributed by atoms with Crippen LogP contribution in [0.3, 0.4) is 0 Å². The van der Waals surface area contributed by atoms with Crippen LogP contribution in [-0.2, 0) is 0 Å². The Hall–Kier alpha value is -2.04. The molecule has 0 radical (unpaired) electrons. The number of halogens is 2. The third-order valence-corrected chi connectivity index (χ3v) is 8.86. The van der Waals surface area contributed by atoms with E-state index in [9.17, 15) is 13.6 Å². The third kappa shape index (κ3) is 10.3. The summed E-state index contributed by atoms with van der Waals surface area (Å²) >= 11 is 0. The van der Waals surface area contributed by atoms with Gasteiger partial charge in [0, 0.05) is 18.1 Å². The fourth-order valence-corrected chi connectivity index (χ4v) is 5.71. The largest absolute Gasteiger partial charge is 0.477 e. The zero-order chi connectivity index (χ0) is 29.9. The lowest BCUT2D eigenvalue weighted by atomic mass is 9.82. The summed E-state index contributed by atoms with van der Waals surface area (Å²) in [5.74, 6) is -3.26. The molecule has 2 atom stereocenters. The number of carboxylic acids is 1. The fourth-order valence-electron chi connectivity index (χ4n) is 5.71. The molecule has 1 aromatic rings. The molecular weight excluding hydrogens is 528 g/mol. The van der Waals surface area contributed by atoms with Crippen molar-refractivity contribution in [2.75, 3.05) is 51.3 Å². The number of nitrogens with one attached hydrogen (secondary N) is 1. The second-order valence-corrected chi connectivity index (χ2v) is 12.3. The van der Waals surface area contributed by atoms with Crippen LogP contribution < -0.4 is 20.7 Å². The predicted octanol–water partition coefficient (Wildman–Crippen LogP) is 5.55. The Kier molecular flexibility index (Phi) is 13.0. The summed E-state index contributed by atoms with van der Waals surface area (Å²) in [6, 6.07) is 3.33.